The number of ether oxygens (including phenoxy) is 2. The number of aliphatic hydroxyl groups excluding tert-OH is 1. The van der Waals surface area contributed by atoms with Crippen LogP contribution in [0.2, 0.25) is 0 Å². The maximum Gasteiger partial charge on any atom is 0.338 e. The van der Waals surface area contributed by atoms with E-state index in [4.69, 9.17) is 14.6 Å². The lowest BCUT2D eigenvalue weighted by atomic mass is 9.95. The molecule has 0 unspecified atom stereocenters. The highest BCUT2D eigenvalue weighted by molar-refractivity contribution is 5.93. The number of carbonyl (C=O) groups excluding carboxylic acids is 1. The van der Waals surface area contributed by atoms with Crippen LogP contribution in [-0.4, -0.2) is 31.4 Å². The van der Waals surface area contributed by atoms with Gasteiger partial charge in [-0.05, 0) is 48.2 Å². The van der Waals surface area contributed by atoms with Crippen molar-refractivity contribution < 1.29 is 19.4 Å². The quantitative estimate of drug-likeness (QED) is 0.862. The Kier molecular flexibility index (Phi) is 5.17. The van der Waals surface area contributed by atoms with Crippen molar-refractivity contribution in [3.63, 3.8) is 0 Å². The molecule has 116 valence electrons. The second-order valence-electron chi connectivity index (χ2n) is 5.07. The van der Waals surface area contributed by atoms with Crippen molar-refractivity contribution in [2.45, 2.75) is 13.8 Å². The van der Waals surface area contributed by atoms with Gasteiger partial charge in [0, 0.05) is 0 Å². The van der Waals surface area contributed by atoms with Crippen LogP contribution >= 0.6 is 0 Å². The Labute approximate surface area is 130 Å². The molecule has 2 aromatic carbocycles. The van der Waals surface area contributed by atoms with Gasteiger partial charge in [-0.25, -0.2) is 4.79 Å². The molecule has 1 N–H and O–H groups in total. The average molecular weight is 300 g/mol. The van der Waals surface area contributed by atoms with Crippen LogP contribution in [0.3, 0.4) is 0 Å². The molecule has 0 bridgehead atoms. The zero-order chi connectivity index (χ0) is 16.1. The average Bonchev–Trinajstić information content (AvgIpc) is 2.52. The SMILES string of the molecule is COC(=O)c1c(C)cc(-c2ccc(OCCO)cc2)cc1C. The van der Waals surface area contributed by atoms with Crippen molar-refractivity contribution >= 4 is 5.97 Å². The van der Waals surface area contributed by atoms with Gasteiger partial charge >= 0.3 is 5.97 Å². The molecule has 0 aromatic heterocycles. The molecule has 0 saturated heterocycles. The minimum atomic E-state index is -0.311. The summed E-state index contributed by atoms with van der Waals surface area (Å²) in [4.78, 5) is 11.8. The summed E-state index contributed by atoms with van der Waals surface area (Å²) in [6, 6.07) is 11.6. The molecule has 0 spiro atoms. The number of methoxy groups -OCH3 is 1. The highest BCUT2D eigenvalue weighted by Gasteiger charge is 2.14. The first-order valence-corrected chi connectivity index (χ1v) is 7.10. The predicted octanol–water partition coefficient (Wildman–Crippen LogP) is 3.13. The lowest BCUT2D eigenvalue weighted by Crippen LogP contribution is -2.06. The second kappa shape index (κ2) is 7.09. The van der Waals surface area contributed by atoms with Crippen molar-refractivity contribution in [3.8, 4) is 16.9 Å². The number of carbonyl (C=O) groups is 1. The third-order valence-corrected chi connectivity index (χ3v) is 3.47. The van der Waals surface area contributed by atoms with Gasteiger partial charge in [0.1, 0.15) is 12.4 Å². The highest BCUT2D eigenvalue weighted by Crippen LogP contribution is 2.27. The number of aliphatic hydroxyl groups is 1. The Bertz CT molecular complexity index is 636. The van der Waals surface area contributed by atoms with Gasteiger partial charge in [-0.15, -0.1) is 0 Å². The summed E-state index contributed by atoms with van der Waals surface area (Å²) in [5.41, 5.74) is 4.48. The number of esters is 1. The van der Waals surface area contributed by atoms with E-state index >= 15 is 0 Å². The molecule has 0 radical (unpaired) electrons. The van der Waals surface area contributed by atoms with Crippen molar-refractivity contribution in [1.82, 2.24) is 0 Å². The van der Waals surface area contributed by atoms with Gasteiger partial charge in [-0.3, -0.25) is 0 Å². The molecule has 0 saturated carbocycles. The molecule has 22 heavy (non-hydrogen) atoms. The molecule has 0 aliphatic rings. The molecule has 0 fully saturated rings. The summed E-state index contributed by atoms with van der Waals surface area (Å²) in [5, 5.41) is 8.75. The molecule has 4 nitrogen and oxygen atoms in total. The minimum absolute atomic E-state index is 0.00483. The Morgan fingerprint density at radius 3 is 2.14 bits per heavy atom. The van der Waals surface area contributed by atoms with Crippen LogP contribution in [0, 0.1) is 13.8 Å². The lowest BCUT2D eigenvalue weighted by molar-refractivity contribution is 0.0599. The molecule has 0 atom stereocenters. The summed E-state index contributed by atoms with van der Waals surface area (Å²) in [7, 11) is 1.39. The summed E-state index contributed by atoms with van der Waals surface area (Å²) in [6.07, 6.45) is 0. The number of rotatable bonds is 5. The molecule has 0 amide bonds. The fraction of sp³-hybridized carbons (Fsp3) is 0.278. The maximum absolute atomic E-state index is 11.8. The van der Waals surface area contributed by atoms with Gasteiger partial charge < -0.3 is 14.6 Å². The Morgan fingerprint density at radius 2 is 1.64 bits per heavy atom. The summed E-state index contributed by atoms with van der Waals surface area (Å²) >= 11 is 0. The fourth-order valence-corrected chi connectivity index (χ4v) is 2.46. The van der Waals surface area contributed by atoms with E-state index in [9.17, 15) is 4.79 Å². The molecular formula is C18H20O4. The van der Waals surface area contributed by atoms with E-state index < -0.39 is 0 Å². The first-order valence-electron chi connectivity index (χ1n) is 7.10. The van der Waals surface area contributed by atoms with E-state index in [0.717, 1.165) is 28.0 Å². The zero-order valence-electron chi connectivity index (χ0n) is 13.1. The Balaban J connectivity index is 2.31. The zero-order valence-corrected chi connectivity index (χ0v) is 13.1. The van der Waals surface area contributed by atoms with Crippen LogP contribution in [0.4, 0.5) is 0 Å². The van der Waals surface area contributed by atoms with E-state index in [1.165, 1.54) is 7.11 Å². The van der Waals surface area contributed by atoms with Crippen LogP contribution in [0.1, 0.15) is 21.5 Å². The van der Waals surface area contributed by atoms with E-state index in [1.807, 2.05) is 50.2 Å². The number of aryl methyl sites for hydroxylation is 2. The highest BCUT2D eigenvalue weighted by atomic mass is 16.5. The van der Waals surface area contributed by atoms with Crippen LogP contribution in [0.5, 0.6) is 5.75 Å². The van der Waals surface area contributed by atoms with Crippen LogP contribution < -0.4 is 4.74 Å². The summed E-state index contributed by atoms with van der Waals surface area (Å²) in [5.74, 6) is 0.409. The van der Waals surface area contributed by atoms with E-state index in [0.29, 0.717) is 5.56 Å². The largest absolute Gasteiger partial charge is 0.491 e. The maximum atomic E-state index is 11.8. The molecular weight excluding hydrogens is 280 g/mol. The van der Waals surface area contributed by atoms with E-state index in [1.54, 1.807) is 0 Å². The topological polar surface area (TPSA) is 55.8 Å². The summed E-state index contributed by atoms with van der Waals surface area (Å²) in [6.45, 7) is 4.09. The molecule has 4 heteroatoms. The molecule has 0 aliphatic heterocycles. The van der Waals surface area contributed by atoms with E-state index in [2.05, 4.69) is 0 Å². The monoisotopic (exact) mass is 300 g/mol. The van der Waals surface area contributed by atoms with Crippen LogP contribution in [0.25, 0.3) is 11.1 Å². The van der Waals surface area contributed by atoms with Gasteiger partial charge in [0.15, 0.2) is 0 Å². The van der Waals surface area contributed by atoms with Gasteiger partial charge in [-0.1, -0.05) is 24.3 Å². The van der Waals surface area contributed by atoms with Gasteiger partial charge in [0.25, 0.3) is 0 Å². The number of hydrogen-bond acceptors (Lipinski definition) is 4. The minimum Gasteiger partial charge on any atom is -0.491 e. The molecule has 2 aromatic rings. The Morgan fingerprint density at radius 1 is 1.05 bits per heavy atom. The first-order chi connectivity index (χ1) is 10.6. The number of hydrogen-bond donors (Lipinski definition) is 1. The molecule has 2 rings (SSSR count). The third-order valence-electron chi connectivity index (χ3n) is 3.47. The standard InChI is InChI=1S/C18H20O4/c1-12-10-15(11-13(2)17(12)18(20)21-3)14-4-6-16(7-5-14)22-9-8-19/h4-7,10-11,19H,8-9H2,1-3H3. The predicted molar refractivity (Wildman–Crippen MR) is 85.3 cm³/mol. The normalized spacial score (nSPS) is 10.4. The van der Waals surface area contributed by atoms with Crippen LogP contribution in [-0.2, 0) is 4.74 Å². The first kappa shape index (κ1) is 16.0. The lowest BCUT2D eigenvalue weighted by Gasteiger charge is -2.12. The van der Waals surface area contributed by atoms with Gasteiger partial charge in [0.2, 0.25) is 0 Å². The van der Waals surface area contributed by atoms with Crippen LogP contribution in [0.15, 0.2) is 36.4 Å². The second-order valence-corrected chi connectivity index (χ2v) is 5.07. The van der Waals surface area contributed by atoms with Crippen molar-refractivity contribution in [2.24, 2.45) is 0 Å². The van der Waals surface area contributed by atoms with Gasteiger partial charge in [-0.2, -0.15) is 0 Å². The van der Waals surface area contributed by atoms with Crippen molar-refractivity contribution in [3.05, 3.63) is 53.1 Å². The smallest absolute Gasteiger partial charge is 0.338 e. The summed E-state index contributed by atoms with van der Waals surface area (Å²) < 4.78 is 10.2. The Hall–Kier alpha value is -2.33. The third kappa shape index (κ3) is 3.46. The van der Waals surface area contributed by atoms with E-state index in [-0.39, 0.29) is 19.2 Å². The molecule has 0 aliphatic carbocycles. The molecule has 0 heterocycles. The van der Waals surface area contributed by atoms with Crippen molar-refractivity contribution in [1.29, 1.82) is 0 Å². The fourth-order valence-electron chi connectivity index (χ4n) is 2.46. The van der Waals surface area contributed by atoms with Crippen molar-refractivity contribution in [2.75, 3.05) is 20.3 Å². The number of benzene rings is 2. The van der Waals surface area contributed by atoms with Gasteiger partial charge in [0.05, 0.1) is 19.3 Å².